The van der Waals surface area contributed by atoms with Gasteiger partial charge in [0.25, 0.3) is 0 Å². The smallest absolute Gasteiger partial charge is 0.240 e. The fourth-order valence-electron chi connectivity index (χ4n) is 1.96. The Hall–Kier alpha value is -1.64. The third-order valence-corrected chi connectivity index (χ3v) is 3.30. The SMILES string of the molecule is CCCCCCCC(=O)NN=Cc1ccc(CC)cc1. The summed E-state index contributed by atoms with van der Waals surface area (Å²) < 4.78 is 0. The number of rotatable bonds is 9. The van der Waals surface area contributed by atoms with Gasteiger partial charge in [-0.1, -0.05) is 63.8 Å². The molecule has 0 aliphatic carbocycles. The van der Waals surface area contributed by atoms with Gasteiger partial charge in [-0.3, -0.25) is 4.79 Å². The average molecular weight is 274 g/mol. The van der Waals surface area contributed by atoms with E-state index >= 15 is 0 Å². The maximum Gasteiger partial charge on any atom is 0.240 e. The van der Waals surface area contributed by atoms with Crippen molar-refractivity contribution in [1.29, 1.82) is 0 Å². The Morgan fingerprint density at radius 3 is 2.45 bits per heavy atom. The first-order valence-electron chi connectivity index (χ1n) is 7.67. The zero-order chi connectivity index (χ0) is 14.6. The standard InChI is InChI=1S/C17H26N2O/c1-3-5-6-7-8-9-17(20)19-18-14-16-12-10-15(4-2)11-13-16/h10-14H,3-9H2,1-2H3,(H,19,20). The van der Waals surface area contributed by atoms with E-state index < -0.39 is 0 Å². The number of hydrogen-bond donors (Lipinski definition) is 1. The van der Waals surface area contributed by atoms with Crippen LogP contribution >= 0.6 is 0 Å². The van der Waals surface area contributed by atoms with Crippen LogP contribution in [0.3, 0.4) is 0 Å². The second kappa shape index (κ2) is 10.2. The lowest BCUT2D eigenvalue weighted by atomic mass is 10.1. The van der Waals surface area contributed by atoms with Crippen molar-refractivity contribution in [1.82, 2.24) is 5.43 Å². The Morgan fingerprint density at radius 2 is 1.80 bits per heavy atom. The largest absolute Gasteiger partial charge is 0.273 e. The lowest BCUT2D eigenvalue weighted by Crippen LogP contribution is -2.16. The van der Waals surface area contributed by atoms with E-state index in [-0.39, 0.29) is 5.91 Å². The van der Waals surface area contributed by atoms with Crippen LogP contribution in [0.5, 0.6) is 0 Å². The Bertz CT molecular complexity index is 410. The Balaban J connectivity index is 2.20. The molecular formula is C17H26N2O. The highest BCUT2D eigenvalue weighted by molar-refractivity contribution is 5.82. The van der Waals surface area contributed by atoms with Gasteiger partial charge in [0.1, 0.15) is 0 Å². The highest BCUT2D eigenvalue weighted by atomic mass is 16.2. The molecule has 1 rings (SSSR count). The summed E-state index contributed by atoms with van der Waals surface area (Å²) in [5.74, 6) is 0.00271. The molecule has 3 nitrogen and oxygen atoms in total. The number of unbranched alkanes of at least 4 members (excludes halogenated alkanes) is 4. The summed E-state index contributed by atoms with van der Waals surface area (Å²) in [6, 6.07) is 8.19. The number of carbonyl (C=O) groups is 1. The third-order valence-electron chi connectivity index (χ3n) is 3.30. The van der Waals surface area contributed by atoms with Gasteiger partial charge in [-0.25, -0.2) is 5.43 Å². The summed E-state index contributed by atoms with van der Waals surface area (Å²) in [7, 11) is 0. The lowest BCUT2D eigenvalue weighted by Gasteiger charge is -2.00. The van der Waals surface area contributed by atoms with Crippen LogP contribution in [0, 0.1) is 0 Å². The maximum absolute atomic E-state index is 11.5. The van der Waals surface area contributed by atoms with Gasteiger partial charge in [0, 0.05) is 6.42 Å². The van der Waals surface area contributed by atoms with Gasteiger partial charge in [0.2, 0.25) is 5.91 Å². The number of nitrogens with one attached hydrogen (secondary N) is 1. The van der Waals surface area contributed by atoms with Gasteiger partial charge in [-0.05, 0) is 24.0 Å². The molecule has 0 radical (unpaired) electrons. The van der Waals surface area contributed by atoms with E-state index in [1.165, 1.54) is 24.8 Å². The minimum absolute atomic E-state index is 0.00271. The Morgan fingerprint density at radius 1 is 1.10 bits per heavy atom. The first-order valence-corrected chi connectivity index (χ1v) is 7.67. The molecule has 0 heterocycles. The van der Waals surface area contributed by atoms with Crippen molar-refractivity contribution in [2.45, 2.75) is 58.8 Å². The minimum atomic E-state index is 0.00271. The van der Waals surface area contributed by atoms with E-state index in [1.807, 2.05) is 12.1 Å². The molecule has 0 saturated heterocycles. The number of carbonyl (C=O) groups excluding carboxylic acids is 1. The van der Waals surface area contributed by atoms with Crippen molar-refractivity contribution in [3.63, 3.8) is 0 Å². The van der Waals surface area contributed by atoms with Crippen LogP contribution in [0.2, 0.25) is 0 Å². The predicted octanol–water partition coefficient (Wildman–Crippen LogP) is 4.06. The van der Waals surface area contributed by atoms with E-state index in [2.05, 4.69) is 36.5 Å². The second-order valence-corrected chi connectivity index (χ2v) is 5.05. The average Bonchev–Trinajstić information content (AvgIpc) is 2.48. The number of amides is 1. The molecule has 20 heavy (non-hydrogen) atoms. The molecule has 1 aromatic carbocycles. The van der Waals surface area contributed by atoms with Gasteiger partial charge in [0.15, 0.2) is 0 Å². The van der Waals surface area contributed by atoms with Crippen molar-refractivity contribution < 1.29 is 4.79 Å². The highest BCUT2D eigenvalue weighted by Crippen LogP contribution is 2.05. The van der Waals surface area contributed by atoms with E-state index in [1.54, 1.807) is 6.21 Å². The fourth-order valence-corrected chi connectivity index (χ4v) is 1.96. The number of hydrogen-bond acceptors (Lipinski definition) is 2. The lowest BCUT2D eigenvalue weighted by molar-refractivity contribution is -0.121. The quantitative estimate of drug-likeness (QED) is 0.412. The molecule has 1 aromatic rings. The van der Waals surface area contributed by atoms with Crippen LogP contribution in [0.4, 0.5) is 0 Å². The van der Waals surface area contributed by atoms with Crippen molar-refractivity contribution in [3.05, 3.63) is 35.4 Å². The molecule has 0 aliphatic rings. The Kier molecular flexibility index (Phi) is 8.36. The molecule has 0 unspecified atom stereocenters. The topological polar surface area (TPSA) is 41.5 Å². The molecule has 0 aromatic heterocycles. The fraction of sp³-hybridized carbons (Fsp3) is 0.529. The van der Waals surface area contributed by atoms with Gasteiger partial charge >= 0.3 is 0 Å². The summed E-state index contributed by atoms with van der Waals surface area (Å²) in [5, 5.41) is 3.99. The molecule has 0 saturated carbocycles. The minimum Gasteiger partial charge on any atom is -0.273 e. The van der Waals surface area contributed by atoms with E-state index in [9.17, 15) is 4.79 Å². The summed E-state index contributed by atoms with van der Waals surface area (Å²) in [5.41, 5.74) is 4.89. The zero-order valence-electron chi connectivity index (χ0n) is 12.7. The van der Waals surface area contributed by atoms with Crippen LogP contribution in [0.15, 0.2) is 29.4 Å². The predicted molar refractivity (Wildman–Crippen MR) is 84.9 cm³/mol. The van der Waals surface area contributed by atoms with Crippen LogP contribution in [0.25, 0.3) is 0 Å². The Labute approximate surface area is 122 Å². The number of hydrazone groups is 1. The molecule has 110 valence electrons. The van der Waals surface area contributed by atoms with Gasteiger partial charge in [-0.2, -0.15) is 5.10 Å². The van der Waals surface area contributed by atoms with Crippen LogP contribution in [-0.2, 0) is 11.2 Å². The zero-order valence-corrected chi connectivity index (χ0v) is 12.7. The van der Waals surface area contributed by atoms with Crippen molar-refractivity contribution in [3.8, 4) is 0 Å². The number of benzene rings is 1. The molecule has 0 atom stereocenters. The molecule has 0 fully saturated rings. The van der Waals surface area contributed by atoms with Crippen LogP contribution in [-0.4, -0.2) is 12.1 Å². The van der Waals surface area contributed by atoms with E-state index in [4.69, 9.17) is 0 Å². The molecule has 0 bridgehead atoms. The second-order valence-electron chi connectivity index (χ2n) is 5.05. The molecule has 1 N–H and O–H groups in total. The first kappa shape index (κ1) is 16.4. The number of nitrogens with zero attached hydrogens (tertiary/aromatic N) is 1. The molecule has 0 aliphatic heterocycles. The highest BCUT2D eigenvalue weighted by Gasteiger charge is 1.98. The van der Waals surface area contributed by atoms with E-state index in [0.29, 0.717) is 6.42 Å². The van der Waals surface area contributed by atoms with Crippen LogP contribution in [0.1, 0.15) is 63.5 Å². The molecule has 3 heteroatoms. The molecule has 1 amide bonds. The monoisotopic (exact) mass is 274 g/mol. The number of aryl methyl sites for hydroxylation is 1. The van der Waals surface area contributed by atoms with Gasteiger partial charge < -0.3 is 0 Å². The first-order chi connectivity index (χ1) is 9.76. The normalized spacial score (nSPS) is 10.9. The summed E-state index contributed by atoms with van der Waals surface area (Å²) >= 11 is 0. The summed E-state index contributed by atoms with van der Waals surface area (Å²) in [6.07, 6.45) is 9.07. The van der Waals surface area contributed by atoms with Crippen molar-refractivity contribution in [2.75, 3.05) is 0 Å². The van der Waals surface area contributed by atoms with Crippen molar-refractivity contribution >= 4 is 12.1 Å². The molecular weight excluding hydrogens is 248 g/mol. The summed E-state index contributed by atoms with van der Waals surface area (Å²) in [4.78, 5) is 11.5. The van der Waals surface area contributed by atoms with Gasteiger partial charge in [0.05, 0.1) is 6.21 Å². The van der Waals surface area contributed by atoms with Crippen molar-refractivity contribution in [2.24, 2.45) is 5.10 Å². The third kappa shape index (κ3) is 7.07. The van der Waals surface area contributed by atoms with E-state index in [0.717, 1.165) is 24.8 Å². The molecule has 0 spiro atoms. The van der Waals surface area contributed by atoms with Gasteiger partial charge in [-0.15, -0.1) is 0 Å². The van der Waals surface area contributed by atoms with Crippen LogP contribution < -0.4 is 5.43 Å². The maximum atomic E-state index is 11.5. The summed E-state index contributed by atoms with van der Waals surface area (Å²) in [6.45, 7) is 4.32.